The maximum Gasteiger partial charge on any atom is 0.338 e. The highest BCUT2D eigenvalue weighted by molar-refractivity contribution is 6.30. The van der Waals surface area contributed by atoms with Gasteiger partial charge in [0.05, 0.1) is 11.6 Å². The SMILES string of the molecule is O=C(COC(=O)c1cccc(Cl)c1)N[C@H]1CCCc2ccccc21. The standard InChI is InChI=1S/C19H18ClNO3/c20-15-8-3-7-14(11-15)19(23)24-12-18(22)21-17-10-4-6-13-5-1-2-9-16(13)17/h1-3,5,7-9,11,17H,4,6,10,12H2,(H,21,22)/t17-/m0/s1. The third-order valence-electron chi connectivity index (χ3n) is 4.10. The van der Waals surface area contributed by atoms with Crippen molar-refractivity contribution in [3.8, 4) is 0 Å². The molecule has 24 heavy (non-hydrogen) atoms. The molecule has 1 atom stereocenters. The Morgan fingerprint density at radius 2 is 2.00 bits per heavy atom. The number of fused-ring (bicyclic) bond motifs is 1. The summed E-state index contributed by atoms with van der Waals surface area (Å²) in [5, 5.41) is 3.40. The molecule has 0 bridgehead atoms. The van der Waals surface area contributed by atoms with Crippen molar-refractivity contribution in [2.75, 3.05) is 6.61 Å². The van der Waals surface area contributed by atoms with Crippen molar-refractivity contribution in [2.24, 2.45) is 0 Å². The monoisotopic (exact) mass is 343 g/mol. The van der Waals surface area contributed by atoms with Crippen LogP contribution in [0.3, 0.4) is 0 Å². The van der Waals surface area contributed by atoms with Crippen LogP contribution in [0.5, 0.6) is 0 Å². The molecule has 0 aromatic heterocycles. The molecule has 2 aromatic carbocycles. The highest BCUT2D eigenvalue weighted by Crippen LogP contribution is 2.29. The summed E-state index contributed by atoms with van der Waals surface area (Å²) >= 11 is 5.84. The number of halogens is 1. The Bertz CT molecular complexity index is 760. The van der Waals surface area contributed by atoms with E-state index in [1.807, 2.05) is 18.2 Å². The third kappa shape index (κ3) is 3.95. The van der Waals surface area contributed by atoms with E-state index in [4.69, 9.17) is 16.3 Å². The maximum atomic E-state index is 12.1. The van der Waals surface area contributed by atoms with Gasteiger partial charge >= 0.3 is 5.97 Å². The van der Waals surface area contributed by atoms with Crippen LogP contribution in [-0.2, 0) is 16.0 Å². The van der Waals surface area contributed by atoms with Crippen molar-refractivity contribution < 1.29 is 14.3 Å². The molecule has 0 fully saturated rings. The number of ether oxygens (including phenoxy) is 1. The average molecular weight is 344 g/mol. The highest BCUT2D eigenvalue weighted by Gasteiger charge is 2.21. The summed E-state index contributed by atoms with van der Waals surface area (Å²) in [6.07, 6.45) is 2.96. The van der Waals surface area contributed by atoms with Gasteiger partial charge < -0.3 is 10.1 Å². The first-order chi connectivity index (χ1) is 11.6. The van der Waals surface area contributed by atoms with Crippen LogP contribution in [-0.4, -0.2) is 18.5 Å². The summed E-state index contributed by atoms with van der Waals surface area (Å²) in [6.45, 7) is -0.302. The molecule has 3 rings (SSSR count). The molecular weight excluding hydrogens is 326 g/mol. The number of rotatable bonds is 4. The zero-order valence-corrected chi connectivity index (χ0v) is 13.9. The Balaban J connectivity index is 1.56. The van der Waals surface area contributed by atoms with E-state index in [1.54, 1.807) is 18.2 Å². The van der Waals surface area contributed by atoms with Gasteiger partial charge in [0.25, 0.3) is 5.91 Å². The van der Waals surface area contributed by atoms with Gasteiger partial charge in [-0.1, -0.05) is 41.9 Å². The number of carbonyl (C=O) groups is 2. The van der Waals surface area contributed by atoms with Crippen LogP contribution in [0.15, 0.2) is 48.5 Å². The predicted molar refractivity (Wildman–Crippen MR) is 92.0 cm³/mol. The fourth-order valence-corrected chi connectivity index (χ4v) is 3.16. The first-order valence-corrected chi connectivity index (χ1v) is 8.31. The molecule has 0 spiro atoms. The molecule has 1 aliphatic carbocycles. The summed E-state index contributed by atoms with van der Waals surface area (Å²) in [7, 11) is 0. The predicted octanol–water partition coefficient (Wildman–Crippen LogP) is 3.69. The van der Waals surface area contributed by atoms with Crippen LogP contribution in [0.25, 0.3) is 0 Å². The van der Waals surface area contributed by atoms with Gasteiger partial charge in [0.2, 0.25) is 0 Å². The smallest absolute Gasteiger partial charge is 0.338 e. The number of hydrogen-bond donors (Lipinski definition) is 1. The molecule has 0 aliphatic heterocycles. The highest BCUT2D eigenvalue weighted by atomic mass is 35.5. The lowest BCUT2D eigenvalue weighted by atomic mass is 9.88. The lowest BCUT2D eigenvalue weighted by Crippen LogP contribution is -2.34. The minimum absolute atomic E-state index is 0.0210. The van der Waals surface area contributed by atoms with Gasteiger partial charge in [-0.05, 0) is 48.6 Å². The summed E-state index contributed by atoms with van der Waals surface area (Å²) in [4.78, 5) is 24.0. The zero-order valence-electron chi connectivity index (χ0n) is 13.1. The average Bonchev–Trinajstić information content (AvgIpc) is 2.60. The van der Waals surface area contributed by atoms with E-state index in [2.05, 4.69) is 11.4 Å². The normalized spacial score (nSPS) is 16.1. The molecule has 124 valence electrons. The number of aryl methyl sites for hydroxylation is 1. The first-order valence-electron chi connectivity index (χ1n) is 7.93. The second-order valence-electron chi connectivity index (χ2n) is 5.80. The number of carbonyl (C=O) groups excluding carboxylic acids is 2. The van der Waals surface area contributed by atoms with Crippen molar-refractivity contribution in [1.29, 1.82) is 0 Å². The number of nitrogens with one attached hydrogen (secondary N) is 1. The van der Waals surface area contributed by atoms with E-state index in [0.717, 1.165) is 24.8 Å². The summed E-state index contributed by atoms with van der Waals surface area (Å²) < 4.78 is 5.06. The Hall–Kier alpha value is -2.33. The molecule has 0 saturated heterocycles. The molecule has 1 N–H and O–H groups in total. The van der Waals surface area contributed by atoms with Crippen LogP contribution < -0.4 is 5.32 Å². The van der Waals surface area contributed by atoms with Crippen molar-refractivity contribution in [3.63, 3.8) is 0 Å². The van der Waals surface area contributed by atoms with Gasteiger partial charge in [0, 0.05) is 5.02 Å². The first kappa shape index (κ1) is 16.5. The zero-order chi connectivity index (χ0) is 16.9. The Kier molecular flexibility index (Phi) is 5.16. The van der Waals surface area contributed by atoms with Crippen LogP contribution >= 0.6 is 11.6 Å². The number of esters is 1. The van der Waals surface area contributed by atoms with Gasteiger partial charge in [0.1, 0.15) is 0 Å². The van der Waals surface area contributed by atoms with Gasteiger partial charge in [0.15, 0.2) is 6.61 Å². The third-order valence-corrected chi connectivity index (χ3v) is 4.33. The van der Waals surface area contributed by atoms with Crippen LogP contribution in [0, 0.1) is 0 Å². The van der Waals surface area contributed by atoms with Gasteiger partial charge in [-0.3, -0.25) is 4.79 Å². The van der Waals surface area contributed by atoms with Crippen LogP contribution in [0.2, 0.25) is 5.02 Å². The number of amides is 1. The Morgan fingerprint density at radius 1 is 1.17 bits per heavy atom. The summed E-state index contributed by atoms with van der Waals surface area (Å²) in [6, 6.07) is 14.5. The fourth-order valence-electron chi connectivity index (χ4n) is 2.97. The van der Waals surface area contributed by atoms with E-state index in [-0.39, 0.29) is 18.6 Å². The van der Waals surface area contributed by atoms with Crippen LogP contribution in [0.1, 0.15) is 40.4 Å². The summed E-state index contributed by atoms with van der Waals surface area (Å²) in [5.41, 5.74) is 2.75. The van der Waals surface area contributed by atoms with Crippen LogP contribution in [0.4, 0.5) is 0 Å². The van der Waals surface area contributed by atoms with E-state index in [0.29, 0.717) is 10.6 Å². The van der Waals surface area contributed by atoms with Gasteiger partial charge in [-0.15, -0.1) is 0 Å². The van der Waals surface area contributed by atoms with E-state index >= 15 is 0 Å². The minimum Gasteiger partial charge on any atom is -0.452 e. The largest absolute Gasteiger partial charge is 0.452 e. The lowest BCUT2D eigenvalue weighted by molar-refractivity contribution is -0.125. The van der Waals surface area contributed by atoms with Crippen molar-refractivity contribution >= 4 is 23.5 Å². The Morgan fingerprint density at radius 3 is 2.83 bits per heavy atom. The van der Waals surface area contributed by atoms with Gasteiger partial charge in [-0.25, -0.2) is 4.79 Å². The van der Waals surface area contributed by atoms with Crippen molar-refractivity contribution in [3.05, 3.63) is 70.2 Å². The van der Waals surface area contributed by atoms with E-state index < -0.39 is 5.97 Å². The second-order valence-corrected chi connectivity index (χ2v) is 6.23. The molecule has 0 saturated carbocycles. The molecule has 0 radical (unpaired) electrons. The minimum atomic E-state index is -0.559. The lowest BCUT2D eigenvalue weighted by Gasteiger charge is -2.26. The molecule has 1 amide bonds. The van der Waals surface area contributed by atoms with Crippen molar-refractivity contribution in [2.45, 2.75) is 25.3 Å². The molecule has 0 unspecified atom stereocenters. The summed E-state index contributed by atoms with van der Waals surface area (Å²) in [5.74, 6) is -0.858. The molecule has 4 nitrogen and oxygen atoms in total. The maximum absolute atomic E-state index is 12.1. The quantitative estimate of drug-likeness (QED) is 0.861. The number of benzene rings is 2. The fraction of sp³-hybridized carbons (Fsp3) is 0.263. The van der Waals surface area contributed by atoms with Crippen molar-refractivity contribution in [1.82, 2.24) is 5.32 Å². The molecule has 5 heteroatoms. The molecule has 2 aromatic rings. The molecule has 1 aliphatic rings. The van der Waals surface area contributed by atoms with E-state index in [9.17, 15) is 9.59 Å². The topological polar surface area (TPSA) is 55.4 Å². The second kappa shape index (κ2) is 7.49. The van der Waals surface area contributed by atoms with E-state index in [1.165, 1.54) is 11.6 Å². The molecule has 0 heterocycles. The van der Waals surface area contributed by atoms with Gasteiger partial charge in [-0.2, -0.15) is 0 Å². The molecular formula is C19H18ClNO3. The Labute approximate surface area is 145 Å². The number of hydrogen-bond acceptors (Lipinski definition) is 3.